The average Bonchev–Trinajstić information content (AvgIpc) is 2.50. The molecule has 0 spiro atoms. The number of amides is 1. The van der Waals surface area contributed by atoms with Gasteiger partial charge in [0.15, 0.2) is 0 Å². The number of hydrogen-bond donors (Lipinski definition) is 0. The van der Waals surface area contributed by atoms with E-state index < -0.39 is 0 Å². The zero-order valence-electron chi connectivity index (χ0n) is 12.3. The van der Waals surface area contributed by atoms with E-state index >= 15 is 0 Å². The Morgan fingerprint density at radius 2 is 1.90 bits per heavy atom. The lowest BCUT2D eigenvalue weighted by Crippen LogP contribution is -2.49. The summed E-state index contributed by atoms with van der Waals surface area (Å²) in [7, 11) is 0. The first-order valence-corrected chi connectivity index (χ1v) is 7.43. The molecule has 1 fully saturated rings. The third-order valence-electron chi connectivity index (χ3n) is 3.98. The van der Waals surface area contributed by atoms with Crippen molar-refractivity contribution in [2.45, 2.75) is 19.3 Å². The van der Waals surface area contributed by atoms with Gasteiger partial charge in [-0.1, -0.05) is 43.3 Å². The Labute approximate surface area is 121 Å². The molecule has 1 heterocycles. The van der Waals surface area contributed by atoms with Crippen LogP contribution in [0.2, 0.25) is 0 Å². The van der Waals surface area contributed by atoms with E-state index in [2.05, 4.69) is 30.5 Å². The molecule has 0 aromatic heterocycles. The molecular weight excluding hydrogens is 248 g/mol. The highest BCUT2D eigenvalue weighted by Gasteiger charge is 2.26. The zero-order chi connectivity index (χ0) is 14.4. The van der Waals surface area contributed by atoms with Crippen molar-refractivity contribution in [3.63, 3.8) is 0 Å². The predicted molar refractivity (Wildman–Crippen MR) is 82.7 cm³/mol. The summed E-state index contributed by atoms with van der Waals surface area (Å²) in [5.74, 6) is 0.277. The number of rotatable bonds is 5. The van der Waals surface area contributed by atoms with Crippen molar-refractivity contribution in [3.05, 3.63) is 48.6 Å². The van der Waals surface area contributed by atoms with Crippen LogP contribution in [0, 0.1) is 0 Å². The third-order valence-corrected chi connectivity index (χ3v) is 3.98. The van der Waals surface area contributed by atoms with Gasteiger partial charge in [0.25, 0.3) is 0 Å². The zero-order valence-corrected chi connectivity index (χ0v) is 12.3. The summed E-state index contributed by atoms with van der Waals surface area (Å²) in [5.41, 5.74) is 1.13. The van der Waals surface area contributed by atoms with E-state index in [4.69, 9.17) is 0 Å². The molecule has 0 saturated carbocycles. The van der Waals surface area contributed by atoms with Gasteiger partial charge >= 0.3 is 0 Å². The number of benzene rings is 1. The molecule has 1 aromatic carbocycles. The Kier molecular flexibility index (Phi) is 5.36. The van der Waals surface area contributed by atoms with Gasteiger partial charge in [0.05, 0.1) is 5.92 Å². The fourth-order valence-corrected chi connectivity index (χ4v) is 2.79. The van der Waals surface area contributed by atoms with E-state index in [-0.39, 0.29) is 11.8 Å². The summed E-state index contributed by atoms with van der Waals surface area (Å²) in [4.78, 5) is 17.0. The van der Waals surface area contributed by atoms with Gasteiger partial charge in [0.1, 0.15) is 0 Å². The fourth-order valence-electron chi connectivity index (χ4n) is 2.79. The van der Waals surface area contributed by atoms with Crippen LogP contribution in [-0.2, 0) is 4.79 Å². The standard InChI is InChI=1S/C17H24N2O/c1-3-10-18-11-13-19(14-12-18)17(20)16(4-2)15-8-6-5-7-9-15/h3,5-9,16H,1,4,10-14H2,2H3. The lowest BCUT2D eigenvalue weighted by atomic mass is 9.95. The minimum atomic E-state index is 0.00199. The molecule has 1 amide bonds. The molecule has 1 unspecified atom stereocenters. The highest BCUT2D eigenvalue weighted by Crippen LogP contribution is 2.22. The van der Waals surface area contributed by atoms with Crippen molar-refractivity contribution >= 4 is 5.91 Å². The smallest absolute Gasteiger partial charge is 0.230 e. The van der Waals surface area contributed by atoms with Gasteiger partial charge in [0, 0.05) is 32.7 Å². The van der Waals surface area contributed by atoms with Gasteiger partial charge in [0.2, 0.25) is 5.91 Å². The van der Waals surface area contributed by atoms with E-state index in [1.807, 2.05) is 29.2 Å². The van der Waals surface area contributed by atoms with Crippen molar-refractivity contribution in [1.82, 2.24) is 9.80 Å². The summed E-state index contributed by atoms with van der Waals surface area (Å²) in [5, 5.41) is 0. The largest absolute Gasteiger partial charge is 0.340 e. The topological polar surface area (TPSA) is 23.6 Å². The van der Waals surface area contributed by atoms with Crippen LogP contribution in [0.3, 0.4) is 0 Å². The summed E-state index contributed by atoms with van der Waals surface area (Å²) in [6, 6.07) is 10.1. The van der Waals surface area contributed by atoms with E-state index in [0.29, 0.717) is 0 Å². The Hall–Kier alpha value is -1.61. The number of hydrogen-bond acceptors (Lipinski definition) is 2. The molecule has 0 N–H and O–H groups in total. The fraction of sp³-hybridized carbons (Fsp3) is 0.471. The monoisotopic (exact) mass is 272 g/mol. The Bertz CT molecular complexity index is 436. The van der Waals surface area contributed by atoms with Gasteiger partial charge in [-0.05, 0) is 12.0 Å². The molecule has 0 radical (unpaired) electrons. The van der Waals surface area contributed by atoms with Gasteiger partial charge in [-0.15, -0.1) is 6.58 Å². The normalized spacial score (nSPS) is 17.8. The molecule has 3 heteroatoms. The summed E-state index contributed by atoms with van der Waals surface area (Å²) in [6.07, 6.45) is 2.78. The maximum absolute atomic E-state index is 12.7. The molecular formula is C17H24N2O. The SMILES string of the molecule is C=CCN1CCN(C(=O)C(CC)c2ccccc2)CC1. The summed E-state index contributed by atoms with van der Waals surface area (Å²) >= 11 is 0. The van der Waals surface area contributed by atoms with Crippen molar-refractivity contribution in [1.29, 1.82) is 0 Å². The minimum absolute atomic E-state index is 0.00199. The maximum Gasteiger partial charge on any atom is 0.230 e. The molecule has 1 aliphatic heterocycles. The molecule has 1 saturated heterocycles. The first kappa shape index (κ1) is 14.8. The molecule has 1 aromatic rings. The molecule has 20 heavy (non-hydrogen) atoms. The van der Waals surface area contributed by atoms with Gasteiger partial charge in [-0.25, -0.2) is 0 Å². The molecule has 108 valence electrons. The lowest BCUT2D eigenvalue weighted by Gasteiger charge is -2.36. The Morgan fingerprint density at radius 3 is 2.45 bits per heavy atom. The van der Waals surface area contributed by atoms with Crippen LogP contribution in [0.1, 0.15) is 24.8 Å². The van der Waals surface area contributed by atoms with Crippen LogP contribution in [0.25, 0.3) is 0 Å². The molecule has 0 bridgehead atoms. The van der Waals surface area contributed by atoms with Crippen LogP contribution >= 0.6 is 0 Å². The second-order valence-electron chi connectivity index (χ2n) is 5.29. The number of carbonyl (C=O) groups is 1. The minimum Gasteiger partial charge on any atom is -0.340 e. The van der Waals surface area contributed by atoms with Crippen molar-refractivity contribution in [3.8, 4) is 0 Å². The van der Waals surface area contributed by atoms with Crippen LogP contribution in [0.15, 0.2) is 43.0 Å². The van der Waals surface area contributed by atoms with E-state index in [9.17, 15) is 4.79 Å². The van der Waals surface area contributed by atoms with Crippen molar-refractivity contribution < 1.29 is 4.79 Å². The van der Waals surface area contributed by atoms with Crippen molar-refractivity contribution in [2.24, 2.45) is 0 Å². The molecule has 1 atom stereocenters. The van der Waals surface area contributed by atoms with Crippen LogP contribution in [0.5, 0.6) is 0 Å². The molecule has 0 aliphatic carbocycles. The van der Waals surface area contributed by atoms with Crippen molar-refractivity contribution in [2.75, 3.05) is 32.7 Å². The second-order valence-corrected chi connectivity index (χ2v) is 5.29. The van der Waals surface area contributed by atoms with Gasteiger partial charge in [-0.3, -0.25) is 9.69 Å². The van der Waals surface area contributed by atoms with Crippen LogP contribution < -0.4 is 0 Å². The first-order valence-electron chi connectivity index (χ1n) is 7.43. The molecule has 2 rings (SSSR count). The number of nitrogens with zero attached hydrogens (tertiary/aromatic N) is 2. The Morgan fingerprint density at radius 1 is 1.25 bits per heavy atom. The number of piperazine rings is 1. The van der Waals surface area contributed by atoms with E-state index in [1.54, 1.807) is 0 Å². The predicted octanol–water partition coefficient (Wildman–Crippen LogP) is 2.51. The highest BCUT2D eigenvalue weighted by atomic mass is 16.2. The lowest BCUT2D eigenvalue weighted by molar-refractivity contribution is -0.134. The molecule has 1 aliphatic rings. The summed E-state index contributed by atoms with van der Waals surface area (Å²) in [6.45, 7) is 10.3. The second kappa shape index (κ2) is 7.25. The van der Waals surface area contributed by atoms with Gasteiger partial charge < -0.3 is 4.90 Å². The third kappa shape index (κ3) is 3.48. The molecule has 3 nitrogen and oxygen atoms in total. The number of carbonyl (C=O) groups excluding carboxylic acids is 1. The van der Waals surface area contributed by atoms with Gasteiger partial charge in [-0.2, -0.15) is 0 Å². The van der Waals surface area contributed by atoms with Crippen LogP contribution in [0.4, 0.5) is 0 Å². The average molecular weight is 272 g/mol. The first-order chi connectivity index (χ1) is 9.76. The van der Waals surface area contributed by atoms with Crippen LogP contribution in [-0.4, -0.2) is 48.4 Å². The summed E-state index contributed by atoms with van der Waals surface area (Å²) < 4.78 is 0. The van der Waals surface area contributed by atoms with E-state index in [0.717, 1.165) is 44.7 Å². The van der Waals surface area contributed by atoms with E-state index in [1.165, 1.54) is 0 Å². The maximum atomic E-state index is 12.7. The highest BCUT2D eigenvalue weighted by molar-refractivity contribution is 5.83. The Balaban J connectivity index is 1.98. The quantitative estimate of drug-likeness (QED) is 0.769.